The van der Waals surface area contributed by atoms with Gasteiger partial charge in [-0.05, 0) is 35.9 Å². The number of hydrogen-bond donors (Lipinski definition) is 1. The van der Waals surface area contributed by atoms with Crippen LogP contribution in [0, 0.1) is 11.3 Å². The molecule has 0 radical (unpaired) electrons. The van der Waals surface area contributed by atoms with Crippen LogP contribution in [0.15, 0.2) is 54.1 Å². The molecule has 2 N–H and O–H groups in total. The van der Waals surface area contributed by atoms with E-state index in [4.69, 9.17) is 20.5 Å². The normalized spacial score (nSPS) is 10.6. The molecule has 2 rings (SSSR count). The van der Waals surface area contributed by atoms with E-state index in [1.807, 2.05) is 0 Å². The standard InChI is InChI=1S/C18H14N2O4/c1-23-16-10-12(9-14(11-19)17(20)21)7-8-15(16)24-18(22)13-5-3-2-4-6-13/h2-10H,1H3,(H2,20,21)/b14-9+. The number of amides is 1. The van der Waals surface area contributed by atoms with Gasteiger partial charge in [0.25, 0.3) is 5.91 Å². The molecule has 6 nitrogen and oxygen atoms in total. The zero-order chi connectivity index (χ0) is 17.5. The number of nitriles is 1. The topological polar surface area (TPSA) is 102 Å². The van der Waals surface area contributed by atoms with Gasteiger partial charge < -0.3 is 15.2 Å². The van der Waals surface area contributed by atoms with E-state index < -0.39 is 11.9 Å². The average Bonchev–Trinajstić information content (AvgIpc) is 2.61. The van der Waals surface area contributed by atoms with Crippen LogP contribution in [-0.4, -0.2) is 19.0 Å². The van der Waals surface area contributed by atoms with E-state index in [2.05, 4.69) is 0 Å². The van der Waals surface area contributed by atoms with Gasteiger partial charge in [0.05, 0.1) is 12.7 Å². The number of benzene rings is 2. The fraction of sp³-hybridized carbons (Fsp3) is 0.0556. The first-order valence-corrected chi connectivity index (χ1v) is 6.92. The number of nitrogens with two attached hydrogens (primary N) is 1. The maximum Gasteiger partial charge on any atom is 0.343 e. The fourth-order valence-corrected chi connectivity index (χ4v) is 1.92. The third-order valence-corrected chi connectivity index (χ3v) is 3.10. The van der Waals surface area contributed by atoms with Gasteiger partial charge in [-0.1, -0.05) is 24.3 Å². The molecule has 0 aromatic heterocycles. The number of esters is 1. The molecule has 0 saturated carbocycles. The van der Waals surface area contributed by atoms with Crippen molar-refractivity contribution in [2.24, 2.45) is 5.73 Å². The predicted molar refractivity (Wildman–Crippen MR) is 87.2 cm³/mol. The summed E-state index contributed by atoms with van der Waals surface area (Å²) in [5.41, 5.74) is 5.83. The average molecular weight is 322 g/mol. The zero-order valence-electron chi connectivity index (χ0n) is 12.9. The quantitative estimate of drug-likeness (QED) is 0.394. The lowest BCUT2D eigenvalue weighted by molar-refractivity contribution is -0.114. The molecule has 0 aliphatic heterocycles. The number of carbonyl (C=O) groups is 2. The van der Waals surface area contributed by atoms with Crippen molar-refractivity contribution in [3.63, 3.8) is 0 Å². The van der Waals surface area contributed by atoms with Crippen molar-refractivity contribution in [2.75, 3.05) is 7.11 Å². The monoisotopic (exact) mass is 322 g/mol. The van der Waals surface area contributed by atoms with Gasteiger partial charge in [0.2, 0.25) is 0 Å². The van der Waals surface area contributed by atoms with E-state index in [0.717, 1.165) is 0 Å². The van der Waals surface area contributed by atoms with Crippen molar-refractivity contribution in [3.05, 3.63) is 65.2 Å². The third kappa shape index (κ3) is 3.99. The lowest BCUT2D eigenvalue weighted by atomic mass is 10.1. The molecule has 0 spiro atoms. The van der Waals surface area contributed by atoms with Crippen LogP contribution in [0.1, 0.15) is 15.9 Å². The van der Waals surface area contributed by atoms with Crippen LogP contribution in [0.25, 0.3) is 6.08 Å². The van der Waals surface area contributed by atoms with Crippen molar-refractivity contribution in [1.82, 2.24) is 0 Å². The maximum absolute atomic E-state index is 12.1. The second-order valence-corrected chi connectivity index (χ2v) is 4.70. The summed E-state index contributed by atoms with van der Waals surface area (Å²) in [6.45, 7) is 0. The van der Waals surface area contributed by atoms with Gasteiger partial charge in [-0.15, -0.1) is 0 Å². The van der Waals surface area contributed by atoms with Crippen molar-refractivity contribution < 1.29 is 19.1 Å². The van der Waals surface area contributed by atoms with Gasteiger partial charge in [0.15, 0.2) is 11.5 Å². The molecule has 0 unspecified atom stereocenters. The maximum atomic E-state index is 12.1. The first-order chi connectivity index (χ1) is 11.5. The van der Waals surface area contributed by atoms with Gasteiger partial charge in [-0.2, -0.15) is 5.26 Å². The van der Waals surface area contributed by atoms with E-state index >= 15 is 0 Å². The van der Waals surface area contributed by atoms with E-state index in [-0.39, 0.29) is 17.1 Å². The molecule has 0 bridgehead atoms. The summed E-state index contributed by atoms with van der Waals surface area (Å²) < 4.78 is 10.5. The van der Waals surface area contributed by atoms with Crippen molar-refractivity contribution in [2.45, 2.75) is 0 Å². The number of rotatable bonds is 5. The first kappa shape index (κ1) is 16.8. The molecule has 0 atom stereocenters. The van der Waals surface area contributed by atoms with Crippen LogP contribution >= 0.6 is 0 Å². The van der Waals surface area contributed by atoms with Crippen molar-refractivity contribution in [1.29, 1.82) is 5.26 Å². The molecule has 120 valence electrons. The summed E-state index contributed by atoms with van der Waals surface area (Å²) in [5, 5.41) is 8.86. The smallest absolute Gasteiger partial charge is 0.343 e. The zero-order valence-corrected chi connectivity index (χ0v) is 12.9. The van der Waals surface area contributed by atoms with Crippen LogP contribution < -0.4 is 15.2 Å². The second-order valence-electron chi connectivity index (χ2n) is 4.70. The highest BCUT2D eigenvalue weighted by Crippen LogP contribution is 2.29. The molecule has 0 saturated heterocycles. The molecule has 6 heteroatoms. The minimum atomic E-state index is -0.823. The van der Waals surface area contributed by atoms with E-state index in [9.17, 15) is 9.59 Å². The Hall–Kier alpha value is -3.59. The molecular formula is C18H14N2O4. The predicted octanol–water partition coefficient (Wildman–Crippen LogP) is 2.31. The minimum absolute atomic E-state index is 0.189. The number of carbonyl (C=O) groups excluding carboxylic acids is 2. The number of nitrogens with zero attached hydrogens (tertiary/aromatic N) is 1. The molecule has 2 aromatic rings. The summed E-state index contributed by atoms with van der Waals surface area (Å²) in [5.74, 6) is -0.834. The summed E-state index contributed by atoms with van der Waals surface area (Å²) in [6, 6.07) is 14.9. The van der Waals surface area contributed by atoms with Crippen LogP contribution in [-0.2, 0) is 4.79 Å². The molecular weight excluding hydrogens is 308 g/mol. The fourth-order valence-electron chi connectivity index (χ4n) is 1.92. The van der Waals surface area contributed by atoms with E-state index in [1.165, 1.54) is 25.3 Å². The van der Waals surface area contributed by atoms with Gasteiger partial charge in [-0.3, -0.25) is 4.79 Å². The Kier molecular flexibility index (Phi) is 5.32. The first-order valence-electron chi connectivity index (χ1n) is 6.92. The minimum Gasteiger partial charge on any atom is -0.493 e. The van der Waals surface area contributed by atoms with Gasteiger partial charge >= 0.3 is 5.97 Å². The largest absolute Gasteiger partial charge is 0.493 e. The highest BCUT2D eigenvalue weighted by Gasteiger charge is 2.13. The lowest BCUT2D eigenvalue weighted by Crippen LogP contribution is -2.12. The second kappa shape index (κ2) is 7.61. The van der Waals surface area contributed by atoms with Gasteiger partial charge in [0, 0.05) is 0 Å². The van der Waals surface area contributed by atoms with Crippen LogP contribution in [0.2, 0.25) is 0 Å². The Balaban J connectivity index is 2.29. The summed E-state index contributed by atoms with van der Waals surface area (Å²) in [6.07, 6.45) is 1.33. The van der Waals surface area contributed by atoms with Crippen LogP contribution in [0.5, 0.6) is 11.5 Å². The van der Waals surface area contributed by atoms with Crippen LogP contribution in [0.3, 0.4) is 0 Å². The Morgan fingerprint density at radius 1 is 1.12 bits per heavy atom. The Morgan fingerprint density at radius 3 is 2.42 bits per heavy atom. The Bertz CT molecular complexity index is 836. The molecule has 0 aliphatic carbocycles. The number of primary amides is 1. The van der Waals surface area contributed by atoms with E-state index in [0.29, 0.717) is 11.1 Å². The molecule has 0 heterocycles. The molecule has 24 heavy (non-hydrogen) atoms. The Morgan fingerprint density at radius 2 is 1.83 bits per heavy atom. The SMILES string of the molecule is COc1cc(/C=C(\C#N)C(N)=O)ccc1OC(=O)c1ccccc1. The summed E-state index contributed by atoms with van der Waals surface area (Å²) >= 11 is 0. The number of methoxy groups -OCH3 is 1. The molecule has 2 aromatic carbocycles. The third-order valence-electron chi connectivity index (χ3n) is 3.10. The Labute approximate surface area is 138 Å². The highest BCUT2D eigenvalue weighted by molar-refractivity contribution is 6.00. The summed E-state index contributed by atoms with van der Waals surface area (Å²) in [7, 11) is 1.42. The number of hydrogen-bond acceptors (Lipinski definition) is 5. The molecule has 1 amide bonds. The number of ether oxygens (including phenoxy) is 2. The molecule has 0 aliphatic rings. The summed E-state index contributed by atoms with van der Waals surface area (Å²) in [4.78, 5) is 23.2. The van der Waals surface area contributed by atoms with Crippen molar-refractivity contribution >= 4 is 18.0 Å². The van der Waals surface area contributed by atoms with Gasteiger partial charge in [0.1, 0.15) is 11.6 Å². The lowest BCUT2D eigenvalue weighted by Gasteiger charge is -2.10. The van der Waals surface area contributed by atoms with Gasteiger partial charge in [-0.25, -0.2) is 4.79 Å². The molecule has 0 fully saturated rings. The van der Waals surface area contributed by atoms with E-state index in [1.54, 1.807) is 42.5 Å². The van der Waals surface area contributed by atoms with Crippen LogP contribution in [0.4, 0.5) is 0 Å². The highest BCUT2D eigenvalue weighted by atomic mass is 16.6. The van der Waals surface area contributed by atoms with Crippen molar-refractivity contribution in [3.8, 4) is 17.6 Å².